The minimum absolute atomic E-state index is 0.199. The van der Waals surface area contributed by atoms with Crippen LogP contribution >= 0.6 is 17.9 Å². The zero-order valence-electron chi connectivity index (χ0n) is 11.3. The molecule has 0 radical (unpaired) electrons. The number of rotatable bonds is 0. The fourth-order valence-corrected chi connectivity index (χ4v) is 9.06. The van der Waals surface area contributed by atoms with E-state index in [9.17, 15) is 0 Å². The first-order valence-electron chi connectivity index (χ1n) is 5.34. The minimum atomic E-state index is -1.55. The van der Waals surface area contributed by atoms with Crippen molar-refractivity contribution in [1.29, 1.82) is 0 Å². The van der Waals surface area contributed by atoms with Crippen LogP contribution in [0.15, 0.2) is 0 Å². The van der Waals surface area contributed by atoms with Crippen LogP contribution in [0, 0.1) is 0 Å². The highest BCUT2D eigenvalue weighted by Gasteiger charge is 2.64. The normalized spacial score (nSPS) is 15.9. The van der Waals surface area contributed by atoms with E-state index in [1.807, 2.05) is 0 Å². The Kier molecular flexibility index (Phi) is 3.82. The van der Waals surface area contributed by atoms with Crippen molar-refractivity contribution < 1.29 is 0 Å². The Balaban J connectivity index is 5.54. The van der Waals surface area contributed by atoms with Gasteiger partial charge in [0.05, 0.1) is 26.7 Å². The summed E-state index contributed by atoms with van der Waals surface area (Å²) in [6.45, 7) is 19.0. The van der Waals surface area contributed by atoms with Gasteiger partial charge in [-0.15, -0.1) is 0 Å². The molecule has 0 fully saturated rings. The van der Waals surface area contributed by atoms with Gasteiger partial charge >= 0.3 is 0 Å². The van der Waals surface area contributed by atoms with Crippen LogP contribution in [0.3, 0.4) is 0 Å². The summed E-state index contributed by atoms with van der Waals surface area (Å²) in [5.74, 6) is 0. The van der Waals surface area contributed by atoms with E-state index in [0.29, 0.717) is 0 Å². The van der Waals surface area contributed by atoms with Gasteiger partial charge in [0, 0.05) is 0 Å². The SMILES string of the molecule is CC(C)(C)[P+](Cl)(C(C)(C)C)C(C)(C)C. The Morgan fingerprint density at radius 3 is 0.714 bits per heavy atom. The second-order valence-electron chi connectivity index (χ2n) is 7.10. The van der Waals surface area contributed by atoms with Gasteiger partial charge < -0.3 is 0 Å². The summed E-state index contributed by atoms with van der Waals surface area (Å²) >= 11 is 7.08. The second-order valence-corrected chi connectivity index (χ2v) is 13.8. The van der Waals surface area contributed by atoms with Crippen molar-refractivity contribution in [2.24, 2.45) is 0 Å². The Bertz CT molecular complexity index is 164. The molecule has 0 aromatic rings. The highest BCUT2D eigenvalue weighted by atomic mass is 35.7. The van der Waals surface area contributed by atoms with Crippen LogP contribution < -0.4 is 0 Å². The molecule has 0 aromatic heterocycles. The molecular weight excluding hydrogens is 211 g/mol. The molecule has 0 aliphatic carbocycles. The van der Waals surface area contributed by atoms with Crippen molar-refractivity contribution in [3.05, 3.63) is 0 Å². The predicted octanol–water partition coefficient (Wildman–Crippen LogP) is 5.55. The fraction of sp³-hybridized carbons (Fsp3) is 1.00. The second kappa shape index (κ2) is 3.63. The van der Waals surface area contributed by atoms with E-state index in [2.05, 4.69) is 62.3 Å². The molecule has 0 spiro atoms. The molecule has 0 aliphatic rings. The Morgan fingerprint density at radius 2 is 0.714 bits per heavy atom. The maximum absolute atomic E-state index is 7.08. The summed E-state index contributed by atoms with van der Waals surface area (Å²) in [5.41, 5.74) is 0. The summed E-state index contributed by atoms with van der Waals surface area (Å²) in [5, 5.41) is 0.598. The molecule has 0 nitrogen and oxygen atoms in total. The standard InChI is InChI=1S/C12H27ClP/c1-10(2,3)14(13,11(4,5)6)12(7,8)9/h1-9H3/q+1. The molecule has 0 amide bonds. The summed E-state index contributed by atoms with van der Waals surface area (Å²) in [6.07, 6.45) is 0. The lowest BCUT2D eigenvalue weighted by atomic mass is 10.2. The molecule has 2 heteroatoms. The van der Waals surface area contributed by atoms with Crippen LogP contribution in [-0.2, 0) is 0 Å². The molecule has 86 valence electrons. The zero-order valence-corrected chi connectivity index (χ0v) is 13.0. The lowest BCUT2D eigenvalue weighted by Gasteiger charge is -2.48. The molecule has 0 rings (SSSR count). The monoisotopic (exact) mass is 237 g/mol. The van der Waals surface area contributed by atoms with Crippen LogP contribution in [0.5, 0.6) is 0 Å². The Hall–Kier alpha value is 0.720. The maximum atomic E-state index is 7.08. The summed E-state index contributed by atoms with van der Waals surface area (Å²) in [7, 11) is 0. The van der Waals surface area contributed by atoms with Gasteiger partial charge in [0.2, 0.25) is 0 Å². The van der Waals surface area contributed by atoms with E-state index in [0.717, 1.165) is 0 Å². The quantitative estimate of drug-likeness (QED) is 0.485. The van der Waals surface area contributed by atoms with Crippen molar-refractivity contribution in [2.45, 2.75) is 77.8 Å². The third-order valence-electron chi connectivity index (χ3n) is 2.77. The van der Waals surface area contributed by atoms with Gasteiger partial charge in [0.25, 0.3) is 0 Å². The molecule has 0 atom stereocenters. The average Bonchev–Trinajstić information content (AvgIpc) is 1.77. The number of halogens is 1. The van der Waals surface area contributed by atoms with E-state index in [-0.39, 0.29) is 15.5 Å². The molecule has 0 aliphatic heterocycles. The van der Waals surface area contributed by atoms with Crippen LogP contribution in [0.4, 0.5) is 0 Å². The lowest BCUT2D eigenvalue weighted by Crippen LogP contribution is -2.40. The molecule has 0 N–H and O–H groups in total. The van der Waals surface area contributed by atoms with Crippen LogP contribution in [0.2, 0.25) is 0 Å². The zero-order chi connectivity index (χ0) is 12.0. The van der Waals surface area contributed by atoms with E-state index in [4.69, 9.17) is 11.2 Å². The molecule has 0 saturated carbocycles. The third-order valence-corrected chi connectivity index (χ3v) is 12.9. The highest BCUT2D eigenvalue weighted by molar-refractivity contribution is 8.02. The van der Waals surface area contributed by atoms with Gasteiger partial charge in [-0.25, -0.2) is 0 Å². The van der Waals surface area contributed by atoms with Crippen molar-refractivity contribution in [3.8, 4) is 0 Å². The van der Waals surface area contributed by atoms with Crippen molar-refractivity contribution in [2.75, 3.05) is 0 Å². The number of hydrogen-bond acceptors (Lipinski definition) is 0. The fourth-order valence-electron chi connectivity index (χ4n) is 3.02. The summed E-state index contributed by atoms with van der Waals surface area (Å²) in [6, 6.07) is 0. The molecule has 0 aromatic carbocycles. The van der Waals surface area contributed by atoms with Gasteiger partial charge in [-0.1, -0.05) is 0 Å². The lowest BCUT2D eigenvalue weighted by molar-refractivity contribution is 0.636. The van der Waals surface area contributed by atoms with Gasteiger partial charge in [-0.05, 0) is 62.3 Å². The molecule has 0 heterocycles. The smallest absolute Gasteiger partial charge is 0.0245 e. The molecule has 0 bridgehead atoms. The molecule has 14 heavy (non-hydrogen) atoms. The highest BCUT2D eigenvalue weighted by Crippen LogP contribution is 2.86. The van der Waals surface area contributed by atoms with Gasteiger partial charge in [-0.2, -0.15) is 0 Å². The Morgan fingerprint density at radius 1 is 0.571 bits per heavy atom. The summed E-state index contributed by atoms with van der Waals surface area (Å²) < 4.78 is 0. The van der Waals surface area contributed by atoms with Crippen LogP contribution in [-0.4, -0.2) is 15.5 Å². The third kappa shape index (κ3) is 2.27. The predicted molar refractivity (Wildman–Crippen MR) is 72.0 cm³/mol. The first-order valence-corrected chi connectivity index (χ1v) is 8.03. The maximum Gasteiger partial charge on any atom is 0.129 e. The Labute approximate surface area is 95.9 Å². The van der Waals surface area contributed by atoms with Crippen molar-refractivity contribution >= 4 is 17.9 Å². The van der Waals surface area contributed by atoms with Gasteiger partial charge in [-0.3, -0.25) is 0 Å². The average molecular weight is 238 g/mol. The first kappa shape index (κ1) is 14.7. The minimum Gasteiger partial charge on any atom is -0.0245 e. The summed E-state index contributed by atoms with van der Waals surface area (Å²) in [4.78, 5) is 0. The molecule has 0 saturated heterocycles. The van der Waals surface area contributed by atoms with E-state index in [1.54, 1.807) is 0 Å². The van der Waals surface area contributed by atoms with E-state index in [1.165, 1.54) is 0 Å². The van der Waals surface area contributed by atoms with Crippen molar-refractivity contribution in [1.82, 2.24) is 0 Å². The first-order chi connectivity index (χ1) is 5.75. The topological polar surface area (TPSA) is 0 Å². The van der Waals surface area contributed by atoms with E-state index >= 15 is 0 Å². The number of hydrogen-bond donors (Lipinski definition) is 0. The van der Waals surface area contributed by atoms with Crippen LogP contribution in [0.1, 0.15) is 62.3 Å². The van der Waals surface area contributed by atoms with Gasteiger partial charge in [0.1, 0.15) is 6.62 Å². The van der Waals surface area contributed by atoms with E-state index < -0.39 is 6.62 Å². The largest absolute Gasteiger partial charge is 0.129 e. The molecular formula is C12H27ClP+. The van der Waals surface area contributed by atoms with Crippen LogP contribution in [0.25, 0.3) is 0 Å². The molecule has 0 unspecified atom stereocenters. The van der Waals surface area contributed by atoms with Crippen molar-refractivity contribution in [3.63, 3.8) is 0 Å². The van der Waals surface area contributed by atoms with Gasteiger partial charge in [0.15, 0.2) is 0 Å².